The van der Waals surface area contributed by atoms with Crippen molar-refractivity contribution in [3.05, 3.63) is 28.8 Å². The summed E-state index contributed by atoms with van der Waals surface area (Å²) < 4.78 is 0. The van der Waals surface area contributed by atoms with E-state index in [-0.39, 0.29) is 12.2 Å². The van der Waals surface area contributed by atoms with Crippen LogP contribution in [-0.4, -0.2) is 26.9 Å². The van der Waals surface area contributed by atoms with Gasteiger partial charge in [0.05, 0.1) is 0 Å². The van der Waals surface area contributed by atoms with Crippen molar-refractivity contribution in [2.24, 2.45) is 0 Å². The third-order valence-corrected chi connectivity index (χ3v) is 2.28. The van der Waals surface area contributed by atoms with Crippen molar-refractivity contribution in [2.45, 2.75) is 18.9 Å². The van der Waals surface area contributed by atoms with E-state index in [1.54, 1.807) is 0 Å². The van der Waals surface area contributed by atoms with Gasteiger partial charge in [-0.2, -0.15) is 0 Å². The highest BCUT2D eigenvalue weighted by molar-refractivity contribution is 6.30. The fourth-order valence-electron chi connectivity index (χ4n) is 1.13. The maximum absolute atomic E-state index is 10.6. The first kappa shape index (κ1) is 11.8. The van der Waals surface area contributed by atoms with Gasteiger partial charge in [0.25, 0.3) is 0 Å². The van der Waals surface area contributed by atoms with Crippen LogP contribution in [0.3, 0.4) is 0 Å². The van der Waals surface area contributed by atoms with Crippen molar-refractivity contribution in [1.29, 1.82) is 0 Å². The third kappa shape index (κ3) is 2.84. The molecular formula is C10H11ClO4. The van der Waals surface area contributed by atoms with Crippen LogP contribution in [-0.2, 0) is 11.2 Å². The minimum Gasteiger partial charge on any atom is -0.508 e. The number of aliphatic carboxylic acids is 1. The molecule has 0 spiro atoms. The molecule has 1 atom stereocenters. The van der Waals surface area contributed by atoms with Crippen molar-refractivity contribution in [2.75, 3.05) is 0 Å². The zero-order valence-electron chi connectivity index (χ0n) is 8.07. The Morgan fingerprint density at radius 2 is 2.13 bits per heavy atom. The largest absolute Gasteiger partial charge is 0.508 e. The van der Waals surface area contributed by atoms with E-state index in [0.717, 1.165) is 0 Å². The first-order valence-corrected chi connectivity index (χ1v) is 4.64. The van der Waals surface area contributed by atoms with Gasteiger partial charge in [-0.25, -0.2) is 4.79 Å². The van der Waals surface area contributed by atoms with E-state index in [9.17, 15) is 15.0 Å². The minimum atomic E-state index is -1.90. The van der Waals surface area contributed by atoms with Gasteiger partial charge in [0.15, 0.2) is 5.60 Å². The van der Waals surface area contributed by atoms with Crippen molar-refractivity contribution < 1.29 is 20.1 Å². The molecule has 0 saturated carbocycles. The van der Waals surface area contributed by atoms with Crippen molar-refractivity contribution in [3.8, 4) is 5.75 Å². The monoisotopic (exact) mass is 230 g/mol. The normalized spacial score (nSPS) is 14.6. The molecule has 1 unspecified atom stereocenters. The van der Waals surface area contributed by atoms with E-state index in [4.69, 9.17) is 16.7 Å². The lowest BCUT2D eigenvalue weighted by Gasteiger charge is -2.18. The van der Waals surface area contributed by atoms with Crippen LogP contribution in [0, 0.1) is 0 Å². The van der Waals surface area contributed by atoms with Crippen LogP contribution in [0.2, 0.25) is 5.02 Å². The molecule has 0 aromatic heterocycles. The van der Waals surface area contributed by atoms with Crippen LogP contribution < -0.4 is 0 Å². The molecule has 15 heavy (non-hydrogen) atoms. The number of carboxylic acids is 1. The number of hydrogen-bond donors (Lipinski definition) is 3. The summed E-state index contributed by atoms with van der Waals surface area (Å²) in [5.74, 6) is -1.46. The van der Waals surface area contributed by atoms with Gasteiger partial charge in [-0.15, -0.1) is 0 Å². The molecule has 0 aliphatic carbocycles. The smallest absolute Gasteiger partial charge is 0.335 e. The molecule has 3 N–H and O–H groups in total. The molecule has 0 fully saturated rings. The van der Waals surface area contributed by atoms with E-state index in [0.29, 0.717) is 10.6 Å². The first-order valence-electron chi connectivity index (χ1n) is 4.26. The Morgan fingerprint density at radius 3 is 2.60 bits per heavy atom. The first-order chi connectivity index (χ1) is 6.83. The third-order valence-electron chi connectivity index (χ3n) is 2.04. The molecular weight excluding hydrogens is 220 g/mol. The summed E-state index contributed by atoms with van der Waals surface area (Å²) in [5, 5.41) is 28.0. The number of halogens is 1. The lowest BCUT2D eigenvalue weighted by molar-refractivity contribution is -0.156. The van der Waals surface area contributed by atoms with Gasteiger partial charge in [-0.3, -0.25) is 0 Å². The highest BCUT2D eigenvalue weighted by Crippen LogP contribution is 2.25. The molecule has 4 nitrogen and oxygen atoms in total. The number of hydrogen-bond acceptors (Lipinski definition) is 3. The van der Waals surface area contributed by atoms with E-state index in [1.165, 1.54) is 25.1 Å². The number of rotatable bonds is 3. The molecule has 1 aromatic carbocycles. The van der Waals surface area contributed by atoms with E-state index in [2.05, 4.69) is 0 Å². The van der Waals surface area contributed by atoms with E-state index >= 15 is 0 Å². The van der Waals surface area contributed by atoms with E-state index < -0.39 is 11.6 Å². The van der Waals surface area contributed by atoms with Gasteiger partial charge in [-0.1, -0.05) is 17.7 Å². The summed E-state index contributed by atoms with van der Waals surface area (Å²) in [5.41, 5.74) is -1.56. The maximum Gasteiger partial charge on any atom is 0.335 e. The fourth-order valence-corrected chi connectivity index (χ4v) is 1.30. The average molecular weight is 231 g/mol. The second-order valence-electron chi connectivity index (χ2n) is 3.53. The molecule has 0 amide bonds. The molecule has 0 bridgehead atoms. The Hall–Kier alpha value is -1.26. The average Bonchev–Trinajstić information content (AvgIpc) is 2.09. The van der Waals surface area contributed by atoms with Crippen LogP contribution in [0.1, 0.15) is 12.5 Å². The predicted octanol–water partition coefficient (Wildman–Crippen LogP) is 1.42. The summed E-state index contributed by atoms with van der Waals surface area (Å²) in [7, 11) is 0. The number of benzene rings is 1. The Balaban J connectivity index is 2.95. The number of aromatic hydroxyl groups is 1. The minimum absolute atomic E-state index is 0.121. The molecule has 0 aliphatic rings. The summed E-state index contributed by atoms with van der Waals surface area (Å²) in [6.07, 6.45) is -0.175. The Kier molecular flexibility index (Phi) is 3.21. The SMILES string of the molecule is CC(O)(Cc1ccc(Cl)cc1O)C(=O)O. The van der Waals surface area contributed by atoms with Gasteiger partial charge >= 0.3 is 5.97 Å². The van der Waals surface area contributed by atoms with Crippen molar-refractivity contribution in [3.63, 3.8) is 0 Å². The van der Waals surface area contributed by atoms with Crippen molar-refractivity contribution >= 4 is 17.6 Å². The second kappa shape index (κ2) is 4.08. The molecule has 5 heteroatoms. The van der Waals surface area contributed by atoms with Crippen LogP contribution in [0.5, 0.6) is 5.75 Å². The quantitative estimate of drug-likeness (QED) is 0.734. The molecule has 0 radical (unpaired) electrons. The summed E-state index contributed by atoms with van der Waals surface area (Å²) >= 11 is 5.61. The van der Waals surface area contributed by atoms with Gasteiger partial charge in [0.1, 0.15) is 5.75 Å². The molecule has 0 heterocycles. The Bertz CT molecular complexity index is 387. The second-order valence-corrected chi connectivity index (χ2v) is 3.97. The number of carbonyl (C=O) groups is 1. The lowest BCUT2D eigenvalue weighted by atomic mass is 9.96. The number of phenolic OH excluding ortho intramolecular Hbond substituents is 1. The lowest BCUT2D eigenvalue weighted by Crippen LogP contribution is -2.37. The molecule has 1 rings (SSSR count). The number of aliphatic hydroxyl groups is 1. The van der Waals surface area contributed by atoms with Crippen LogP contribution in [0.15, 0.2) is 18.2 Å². The summed E-state index contributed by atoms with van der Waals surface area (Å²) in [4.78, 5) is 10.6. The number of phenols is 1. The topological polar surface area (TPSA) is 77.8 Å². The van der Waals surface area contributed by atoms with Gasteiger partial charge in [0.2, 0.25) is 0 Å². The van der Waals surface area contributed by atoms with Crippen LogP contribution >= 0.6 is 11.6 Å². The molecule has 1 aromatic rings. The van der Waals surface area contributed by atoms with Gasteiger partial charge in [-0.05, 0) is 24.6 Å². The summed E-state index contributed by atoms with van der Waals surface area (Å²) in [6.45, 7) is 1.17. The summed E-state index contributed by atoms with van der Waals surface area (Å²) in [6, 6.07) is 4.30. The number of carboxylic acid groups (broad SMARTS) is 1. The maximum atomic E-state index is 10.6. The predicted molar refractivity (Wildman–Crippen MR) is 55.1 cm³/mol. The zero-order valence-corrected chi connectivity index (χ0v) is 8.82. The Labute approximate surface area is 91.7 Å². The highest BCUT2D eigenvalue weighted by atomic mass is 35.5. The highest BCUT2D eigenvalue weighted by Gasteiger charge is 2.30. The molecule has 82 valence electrons. The fraction of sp³-hybridized carbons (Fsp3) is 0.300. The van der Waals surface area contributed by atoms with Crippen molar-refractivity contribution in [1.82, 2.24) is 0 Å². The van der Waals surface area contributed by atoms with Crippen LogP contribution in [0.25, 0.3) is 0 Å². The van der Waals surface area contributed by atoms with Gasteiger partial charge in [0, 0.05) is 11.4 Å². The standard InChI is InChI=1S/C10H11ClO4/c1-10(15,9(13)14)5-6-2-3-7(11)4-8(6)12/h2-4,12,15H,5H2,1H3,(H,13,14). The van der Waals surface area contributed by atoms with E-state index in [1.807, 2.05) is 0 Å². The zero-order chi connectivity index (χ0) is 11.6. The Morgan fingerprint density at radius 1 is 1.53 bits per heavy atom. The van der Waals surface area contributed by atoms with Gasteiger partial charge < -0.3 is 15.3 Å². The molecule has 0 aliphatic heterocycles. The molecule has 0 saturated heterocycles. The van der Waals surface area contributed by atoms with Crippen LogP contribution in [0.4, 0.5) is 0 Å².